The maximum atomic E-state index is 13.4. The Morgan fingerprint density at radius 1 is 1.04 bits per heavy atom. The van der Waals surface area contributed by atoms with Crippen molar-refractivity contribution in [1.29, 1.82) is 0 Å². The van der Waals surface area contributed by atoms with Gasteiger partial charge in [-0.25, -0.2) is 12.7 Å². The van der Waals surface area contributed by atoms with E-state index in [1.54, 1.807) is 48.5 Å². The maximum Gasteiger partial charge on any atom is 0.266 e. The number of ketones is 1. The summed E-state index contributed by atoms with van der Waals surface area (Å²) >= 11 is 2.61. The van der Waals surface area contributed by atoms with Gasteiger partial charge in [0.15, 0.2) is 5.37 Å². The maximum absolute atomic E-state index is 13.4. The number of hydrogen-bond donors (Lipinski definition) is 0. The predicted molar refractivity (Wildman–Crippen MR) is 106 cm³/mol. The molecule has 3 aromatic rings. The van der Waals surface area contributed by atoms with Crippen molar-refractivity contribution >= 4 is 44.6 Å². The van der Waals surface area contributed by atoms with Crippen LogP contribution in [0.1, 0.15) is 15.2 Å². The Morgan fingerprint density at radius 2 is 1.81 bits per heavy atom. The molecule has 0 amide bonds. The first-order chi connectivity index (χ1) is 12.5. The third-order valence-electron chi connectivity index (χ3n) is 4.09. The summed E-state index contributed by atoms with van der Waals surface area (Å²) in [5.41, 5.74) is 1.45. The number of para-hydroxylation sites is 1. The third-order valence-corrected chi connectivity index (χ3v) is 8.32. The molecule has 0 radical (unpaired) electrons. The van der Waals surface area contributed by atoms with Gasteiger partial charge in [0.2, 0.25) is 5.78 Å². The molecule has 2 heterocycles. The second kappa shape index (κ2) is 6.57. The summed E-state index contributed by atoms with van der Waals surface area (Å²) in [5.74, 6) is -0.204. The van der Waals surface area contributed by atoms with Crippen LogP contribution in [0.25, 0.3) is 0 Å². The van der Waals surface area contributed by atoms with Gasteiger partial charge >= 0.3 is 0 Å². The molecular formula is C19H15NO3S3. The molecule has 4 rings (SSSR count). The van der Waals surface area contributed by atoms with E-state index in [1.807, 2.05) is 24.4 Å². The first-order valence-corrected chi connectivity index (χ1v) is 11.1. The van der Waals surface area contributed by atoms with Gasteiger partial charge in [0.25, 0.3) is 10.0 Å². The highest BCUT2D eigenvalue weighted by Gasteiger charge is 2.43. The Hall–Kier alpha value is -2.09. The number of benzene rings is 2. The molecule has 7 heteroatoms. The zero-order chi connectivity index (χ0) is 18.3. The van der Waals surface area contributed by atoms with Gasteiger partial charge in [-0.05, 0) is 48.2 Å². The summed E-state index contributed by atoms with van der Waals surface area (Å²) in [6, 6.07) is 17.5. The standard InChI is InChI=1S/C19H15NO3S3/c1-13-9-10-17-16(12-13)25-19(18(21)15-8-5-11-24-15)20(26(17,22)23)14-6-3-2-4-7-14/h2-12,19H,1H3. The fraction of sp³-hybridized carbons (Fsp3) is 0.105. The number of anilines is 1. The number of rotatable bonds is 3. The molecule has 2 aromatic carbocycles. The summed E-state index contributed by atoms with van der Waals surface area (Å²) in [7, 11) is -3.84. The topological polar surface area (TPSA) is 54.5 Å². The number of Topliss-reactive ketones (excluding diaryl/α,β-unsaturated/α-hetero) is 1. The van der Waals surface area contributed by atoms with E-state index in [1.165, 1.54) is 27.4 Å². The molecular weight excluding hydrogens is 386 g/mol. The smallest absolute Gasteiger partial charge is 0.266 e. The van der Waals surface area contributed by atoms with Crippen LogP contribution in [0.15, 0.2) is 75.8 Å². The van der Waals surface area contributed by atoms with Crippen LogP contribution in [0.3, 0.4) is 0 Å². The second-order valence-electron chi connectivity index (χ2n) is 5.90. The van der Waals surface area contributed by atoms with Crippen molar-refractivity contribution in [3.05, 3.63) is 76.5 Å². The number of aryl methyl sites for hydroxylation is 1. The second-order valence-corrected chi connectivity index (χ2v) is 9.75. The molecule has 1 aliphatic rings. The van der Waals surface area contributed by atoms with E-state index in [4.69, 9.17) is 0 Å². The van der Waals surface area contributed by atoms with Crippen LogP contribution in [0, 0.1) is 6.92 Å². The number of thiophene rings is 1. The number of carbonyl (C=O) groups is 1. The zero-order valence-corrected chi connectivity index (χ0v) is 16.3. The normalized spacial score (nSPS) is 18.3. The largest absolute Gasteiger partial charge is 0.290 e. The minimum Gasteiger partial charge on any atom is -0.290 e. The molecule has 1 aliphatic heterocycles. The van der Waals surface area contributed by atoms with Crippen molar-refractivity contribution in [2.45, 2.75) is 22.1 Å². The van der Waals surface area contributed by atoms with Gasteiger partial charge in [0.1, 0.15) is 4.90 Å². The summed E-state index contributed by atoms with van der Waals surface area (Å²) in [6.07, 6.45) is 0. The molecule has 0 bridgehead atoms. The average molecular weight is 402 g/mol. The quantitative estimate of drug-likeness (QED) is 0.604. The SMILES string of the molecule is Cc1ccc2c(c1)SC(C(=O)c1cccs1)N(c1ccccc1)S2(=O)=O. The Morgan fingerprint density at radius 3 is 2.50 bits per heavy atom. The first-order valence-electron chi connectivity index (χ1n) is 7.93. The molecule has 0 saturated carbocycles. The van der Waals surface area contributed by atoms with Crippen molar-refractivity contribution in [1.82, 2.24) is 0 Å². The van der Waals surface area contributed by atoms with Gasteiger partial charge in [-0.2, -0.15) is 0 Å². The van der Waals surface area contributed by atoms with E-state index in [-0.39, 0.29) is 10.7 Å². The lowest BCUT2D eigenvalue weighted by atomic mass is 10.2. The lowest BCUT2D eigenvalue weighted by Crippen LogP contribution is -2.45. The highest BCUT2D eigenvalue weighted by atomic mass is 32.2. The minimum absolute atomic E-state index is 0.204. The number of hydrogen-bond acceptors (Lipinski definition) is 5. The van der Waals surface area contributed by atoms with Gasteiger partial charge in [0, 0.05) is 4.90 Å². The fourth-order valence-corrected chi connectivity index (χ4v) is 7.20. The van der Waals surface area contributed by atoms with Crippen molar-refractivity contribution < 1.29 is 13.2 Å². The van der Waals surface area contributed by atoms with Gasteiger partial charge < -0.3 is 0 Å². The monoisotopic (exact) mass is 401 g/mol. The highest BCUT2D eigenvalue weighted by molar-refractivity contribution is 8.04. The van der Waals surface area contributed by atoms with E-state index in [2.05, 4.69) is 0 Å². The Bertz CT molecular complexity index is 1060. The molecule has 1 aromatic heterocycles. The predicted octanol–water partition coefficient (Wildman–Crippen LogP) is 4.57. The molecule has 132 valence electrons. The number of thioether (sulfide) groups is 1. The Labute approximate surface area is 160 Å². The molecule has 26 heavy (non-hydrogen) atoms. The van der Waals surface area contributed by atoms with Crippen LogP contribution in [0.5, 0.6) is 0 Å². The van der Waals surface area contributed by atoms with Crippen LogP contribution in [0.2, 0.25) is 0 Å². The van der Waals surface area contributed by atoms with E-state index in [0.717, 1.165) is 5.56 Å². The minimum atomic E-state index is -3.84. The van der Waals surface area contributed by atoms with Crippen LogP contribution in [-0.4, -0.2) is 19.6 Å². The molecule has 0 N–H and O–H groups in total. The Balaban J connectivity index is 1.92. The number of fused-ring (bicyclic) bond motifs is 1. The molecule has 1 atom stereocenters. The van der Waals surface area contributed by atoms with Gasteiger partial charge in [-0.3, -0.25) is 4.79 Å². The number of nitrogens with zero attached hydrogens (tertiary/aromatic N) is 1. The molecule has 0 saturated heterocycles. The van der Waals surface area contributed by atoms with E-state index < -0.39 is 15.4 Å². The summed E-state index contributed by atoms with van der Waals surface area (Å²) < 4.78 is 28.0. The van der Waals surface area contributed by atoms with Gasteiger partial charge in [-0.1, -0.05) is 42.1 Å². The molecule has 4 nitrogen and oxygen atoms in total. The summed E-state index contributed by atoms with van der Waals surface area (Å²) in [5, 5.41) is 0.954. The van der Waals surface area contributed by atoms with Gasteiger partial charge in [-0.15, -0.1) is 11.3 Å². The average Bonchev–Trinajstić information content (AvgIpc) is 3.15. The van der Waals surface area contributed by atoms with E-state index in [9.17, 15) is 13.2 Å². The zero-order valence-electron chi connectivity index (χ0n) is 13.8. The molecule has 1 unspecified atom stereocenters. The Kier molecular flexibility index (Phi) is 4.38. The number of sulfonamides is 1. The lowest BCUT2D eigenvalue weighted by molar-refractivity contribution is 0.0995. The molecule has 0 fully saturated rings. The van der Waals surface area contributed by atoms with Crippen molar-refractivity contribution in [3.8, 4) is 0 Å². The van der Waals surface area contributed by atoms with Crippen molar-refractivity contribution in [2.24, 2.45) is 0 Å². The van der Waals surface area contributed by atoms with Crippen LogP contribution < -0.4 is 4.31 Å². The lowest BCUT2D eigenvalue weighted by Gasteiger charge is -2.35. The number of carbonyl (C=O) groups excluding carboxylic acids is 1. The van der Waals surface area contributed by atoms with Gasteiger partial charge in [0.05, 0.1) is 10.6 Å². The van der Waals surface area contributed by atoms with Crippen LogP contribution in [0.4, 0.5) is 5.69 Å². The van der Waals surface area contributed by atoms with Crippen molar-refractivity contribution in [2.75, 3.05) is 4.31 Å². The van der Waals surface area contributed by atoms with E-state index >= 15 is 0 Å². The molecule has 0 aliphatic carbocycles. The molecule has 0 spiro atoms. The van der Waals surface area contributed by atoms with Crippen LogP contribution in [-0.2, 0) is 10.0 Å². The first kappa shape index (κ1) is 17.3. The highest BCUT2D eigenvalue weighted by Crippen LogP contribution is 2.44. The third kappa shape index (κ3) is 2.86. The van der Waals surface area contributed by atoms with Crippen molar-refractivity contribution in [3.63, 3.8) is 0 Å². The summed E-state index contributed by atoms with van der Waals surface area (Å²) in [4.78, 5) is 14.5. The summed E-state index contributed by atoms with van der Waals surface area (Å²) in [6.45, 7) is 1.91. The van der Waals surface area contributed by atoms with Crippen LogP contribution >= 0.6 is 23.1 Å². The van der Waals surface area contributed by atoms with E-state index in [0.29, 0.717) is 15.5 Å². The fourth-order valence-electron chi connectivity index (χ4n) is 2.87.